The molecule has 0 unspecified atom stereocenters. The van der Waals surface area contributed by atoms with Crippen molar-refractivity contribution in [3.63, 3.8) is 0 Å². The van der Waals surface area contributed by atoms with Crippen LogP contribution in [0, 0.1) is 0 Å². The zero-order valence-electron chi connectivity index (χ0n) is 15.2. The van der Waals surface area contributed by atoms with Gasteiger partial charge in [-0.15, -0.1) is 0 Å². The van der Waals surface area contributed by atoms with Gasteiger partial charge in [-0.1, -0.05) is 18.2 Å². The highest BCUT2D eigenvalue weighted by atomic mass is 16.5. The van der Waals surface area contributed by atoms with E-state index in [1.54, 1.807) is 12.4 Å². The van der Waals surface area contributed by atoms with Gasteiger partial charge >= 0.3 is 0 Å². The normalized spacial score (nSPS) is 15.6. The van der Waals surface area contributed by atoms with Crippen LogP contribution in [0.15, 0.2) is 42.7 Å². The molecule has 0 atom stereocenters. The van der Waals surface area contributed by atoms with E-state index < -0.39 is 0 Å². The molecule has 1 N–H and O–H groups in total. The van der Waals surface area contributed by atoms with E-state index in [9.17, 15) is 4.79 Å². The van der Waals surface area contributed by atoms with E-state index in [1.165, 1.54) is 6.92 Å². The molecule has 0 spiro atoms. The van der Waals surface area contributed by atoms with Crippen molar-refractivity contribution in [2.45, 2.75) is 32.2 Å². The molecular formula is C20H26N4O2. The van der Waals surface area contributed by atoms with E-state index in [1.807, 2.05) is 30.3 Å². The highest BCUT2D eigenvalue weighted by Gasteiger charge is 2.24. The number of benzene rings is 1. The number of carbonyl (C=O) groups excluding carboxylic acids is 1. The first-order valence-corrected chi connectivity index (χ1v) is 9.17. The van der Waals surface area contributed by atoms with Gasteiger partial charge in [0.25, 0.3) is 0 Å². The third-order valence-electron chi connectivity index (χ3n) is 4.70. The van der Waals surface area contributed by atoms with Gasteiger partial charge < -0.3 is 10.1 Å². The molecule has 1 saturated heterocycles. The molecule has 2 heterocycles. The number of likely N-dealkylation sites (tertiary alicyclic amines) is 1. The topological polar surface area (TPSA) is 67.4 Å². The Labute approximate surface area is 154 Å². The fraction of sp³-hybridized carbons (Fsp3) is 0.450. The first-order chi connectivity index (χ1) is 12.7. The van der Waals surface area contributed by atoms with Crippen LogP contribution in [0.1, 0.15) is 37.1 Å². The van der Waals surface area contributed by atoms with Gasteiger partial charge in [0.2, 0.25) is 5.91 Å². The summed E-state index contributed by atoms with van der Waals surface area (Å²) in [6.45, 7) is 5.65. The van der Waals surface area contributed by atoms with Crippen LogP contribution >= 0.6 is 0 Å². The number of piperidine rings is 1. The Kier molecular flexibility index (Phi) is 6.55. The van der Waals surface area contributed by atoms with Crippen molar-refractivity contribution >= 4 is 5.91 Å². The Morgan fingerprint density at radius 2 is 1.92 bits per heavy atom. The first-order valence-electron chi connectivity index (χ1n) is 9.17. The molecule has 1 fully saturated rings. The third-order valence-corrected chi connectivity index (χ3v) is 4.70. The molecule has 3 rings (SSSR count). The molecule has 1 amide bonds. The fourth-order valence-electron chi connectivity index (χ4n) is 3.30. The molecule has 0 aliphatic carbocycles. The van der Waals surface area contributed by atoms with Crippen molar-refractivity contribution in [3.8, 4) is 5.75 Å². The molecule has 0 bridgehead atoms. The number of amides is 1. The summed E-state index contributed by atoms with van der Waals surface area (Å²) >= 11 is 0. The van der Waals surface area contributed by atoms with E-state index in [4.69, 9.17) is 4.74 Å². The number of carbonyl (C=O) groups is 1. The summed E-state index contributed by atoms with van der Waals surface area (Å²) in [7, 11) is 0. The van der Waals surface area contributed by atoms with Crippen molar-refractivity contribution in [1.82, 2.24) is 20.2 Å². The molecule has 1 aliphatic heterocycles. The Morgan fingerprint density at radius 1 is 1.19 bits per heavy atom. The van der Waals surface area contributed by atoms with Gasteiger partial charge in [0.15, 0.2) is 0 Å². The van der Waals surface area contributed by atoms with Gasteiger partial charge in [0.1, 0.15) is 12.4 Å². The molecule has 26 heavy (non-hydrogen) atoms. The molecule has 6 nitrogen and oxygen atoms in total. The van der Waals surface area contributed by atoms with Crippen LogP contribution in [0.3, 0.4) is 0 Å². The zero-order valence-corrected chi connectivity index (χ0v) is 15.2. The second-order valence-electron chi connectivity index (χ2n) is 6.58. The summed E-state index contributed by atoms with van der Waals surface area (Å²) in [6.07, 6.45) is 5.54. The number of rotatable bonds is 7. The number of nitrogens with one attached hydrogen (secondary N) is 1. The molecular weight excluding hydrogens is 328 g/mol. The minimum absolute atomic E-state index is 0.0464. The minimum atomic E-state index is -0.0464. The molecule has 1 aromatic carbocycles. The summed E-state index contributed by atoms with van der Waals surface area (Å²) in [6, 6.07) is 9.93. The van der Waals surface area contributed by atoms with Crippen LogP contribution in [0.4, 0.5) is 0 Å². The van der Waals surface area contributed by atoms with Crippen LogP contribution < -0.4 is 10.1 Å². The molecule has 0 radical (unpaired) electrons. The number of nitrogens with zero attached hydrogens (tertiary/aromatic N) is 3. The van der Waals surface area contributed by atoms with E-state index in [0.717, 1.165) is 49.6 Å². The maximum Gasteiger partial charge on any atom is 0.217 e. The Balaban J connectivity index is 1.47. The van der Waals surface area contributed by atoms with Crippen molar-refractivity contribution in [3.05, 3.63) is 54.1 Å². The fourth-order valence-corrected chi connectivity index (χ4v) is 3.30. The molecule has 1 aliphatic rings. The van der Waals surface area contributed by atoms with Crippen LogP contribution in [0.5, 0.6) is 5.75 Å². The van der Waals surface area contributed by atoms with E-state index in [0.29, 0.717) is 19.1 Å². The van der Waals surface area contributed by atoms with E-state index in [-0.39, 0.29) is 5.91 Å². The number of aromatic nitrogens is 2. The molecule has 6 heteroatoms. The largest absolute Gasteiger partial charge is 0.492 e. The second-order valence-corrected chi connectivity index (χ2v) is 6.58. The lowest BCUT2D eigenvalue weighted by Gasteiger charge is -2.32. The maximum atomic E-state index is 11.2. The highest BCUT2D eigenvalue weighted by Crippen LogP contribution is 2.28. The smallest absolute Gasteiger partial charge is 0.217 e. The van der Waals surface area contributed by atoms with E-state index >= 15 is 0 Å². The molecule has 138 valence electrons. The predicted molar refractivity (Wildman–Crippen MR) is 99.9 cm³/mol. The average molecular weight is 354 g/mol. The third kappa shape index (κ3) is 5.26. The molecule has 0 saturated carbocycles. The van der Waals surface area contributed by atoms with Crippen LogP contribution in [0.2, 0.25) is 0 Å². The Bertz CT molecular complexity index is 700. The van der Waals surface area contributed by atoms with Gasteiger partial charge in [-0.2, -0.15) is 0 Å². The summed E-state index contributed by atoms with van der Waals surface area (Å²) < 4.78 is 5.79. The van der Waals surface area contributed by atoms with Crippen molar-refractivity contribution < 1.29 is 9.53 Å². The number of ether oxygens (including phenoxy) is 1. The summed E-state index contributed by atoms with van der Waals surface area (Å²) in [5.41, 5.74) is 1.91. The van der Waals surface area contributed by atoms with Gasteiger partial charge in [-0.3, -0.25) is 19.7 Å². The van der Waals surface area contributed by atoms with Gasteiger partial charge in [-0.25, -0.2) is 0 Å². The van der Waals surface area contributed by atoms with Crippen molar-refractivity contribution in [2.75, 3.05) is 26.2 Å². The van der Waals surface area contributed by atoms with Gasteiger partial charge in [0.05, 0.1) is 17.9 Å². The van der Waals surface area contributed by atoms with Crippen LogP contribution in [-0.4, -0.2) is 47.0 Å². The van der Waals surface area contributed by atoms with E-state index in [2.05, 4.69) is 20.2 Å². The Hall–Kier alpha value is -2.47. The van der Waals surface area contributed by atoms with Crippen LogP contribution in [-0.2, 0) is 11.3 Å². The predicted octanol–water partition coefficient (Wildman–Crippen LogP) is 2.37. The monoisotopic (exact) mass is 354 g/mol. The highest BCUT2D eigenvalue weighted by molar-refractivity contribution is 5.72. The average Bonchev–Trinajstić information content (AvgIpc) is 2.68. The Morgan fingerprint density at radius 3 is 2.65 bits per heavy atom. The molecule has 1 aromatic heterocycles. The standard InChI is InChI=1S/C20H26N4O2/c1-16(25)23-15-19-20(22-10-9-21-19)17-7-11-24(12-8-17)13-14-26-18-5-3-2-4-6-18/h2-6,9-10,17H,7-8,11-15H2,1H3,(H,23,25). The first kappa shape index (κ1) is 18.3. The number of para-hydroxylation sites is 1. The summed E-state index contributed by atoms with van der Waals surface area (Å²) in [5, 5.41) is 2.83. The molecule has 2 aromatic rings. The zero-order chi connectivity index (χ0) is 18.2. The second kappa shape index (κ2) is 9.29. The van der Waals surface area contributed by atoms with Gasteiger partial charge in [-0.05, 0) is 38.1 Å². The van der Waals surface area contributed by atoms with Gasteiger partial charge in [0, 0.05) is 31.8 Å². The van der Waals surface area contributed by atoms with Crippen molar-refractivity contribution in [1.29, 1.82) is 0 Å². The summed E-state index contributed by atoms with van der Waals surface area (Å²) in [5.74, 6) is 1.28. The number of hydrogen-bond acceptors (Lipinski definition) is 5. The van der Waals surface area contributed by atoms with Crippen LogP contribution in [0.25, 0.3) is 0 Å². The number of hydrogen-bond donors (Lipinski definition) is 1. The maximum absolute atomic E-state index is 11.2. The SMILES string of the molecule is CC(=O)NCc1nccnc1C1CCN(CCOc2ccccc2)CC1. The lowest BCUT2D eigenvalue weighted by atomic mass is 9.92. The minimum Gasteiger partial charge on any atom is -0.492 e. The lowest BCUT2D eigenvalue weighted by Crippen LogP contribution is -2.36. The lowest BCUT2D eigenvalue weighted by molar-refractivity contribution is -0.119. The quantitative estimate of drug-likeness (QED) is 0.827. The van der Waals surface area contributed by atoms with Crippen molar-refractivity contribution in [2.24, 2.45) is 0 Å². The summed E-state index contributed by atoms with van der Waals surface area (Å²) in [4.78, 5) is 22.6.